The van der Waals surface area contributed by atoms with Gasteiger partial charge in [0.2, 0.25) is 5.88 Å². The lowest BCUT2D eigenvalue weighted by Crippen LogP contribution is -2.22. The second-order valence-electron chi connectivity index (χ2n) is 7.84. The molecule has 32 heavy (non-hydrogen) atoms. The fraction of sp³-hybridized carbons (Fsp3) is 0.348. The van der Waals surface area contributed by atoms with Crippen molar-refractivity contribution in [3.63, 3.8) is 0 Å². The van der Waals surface area contributed by atoms with Gasteiger partial charge in [-0.15, -0.1) is 0 Å². The van der Waals surface area contributed by atoms with Crippen LogP contribution in [0.15, 0.2) is 24.4 Å². The van der Waals surface area contributed by atoms with Gasteiger partial charge in [0.05, 0.1) is 30.6 Å². The number of hydrogen-bond acceptors (Lipinski definition) is 5. The van der Waals surface area contributed by atoms with Crippen LogP contribution in [-0.4, -0.2) is 41.0 Å². The molecule has 1 aliphatic rings. The number of nitrogens with two attached hydrogens (primary N) is 1. The topological polar surface area (TPSA) is 92.3 Å². The van der Waals surface area contributed by atoms with Gasteiger partial charge < -0.3 is 15.2 Å². The summed E-state index contributed by atoms with van der Waals surface area (Å²) in [4.78, 5) is 16.3. The summed E-state index contributed by atoms with van der Waals surface area (Å²) < 4.78 is 43.1. The van der Waals surface area contributed by atoms with Gasteiger partial charge in [0.15, 0.2) is 0 Å². The molecule has 0 spiro atoms. The molecular formula is C23H24F2N4O3. The summed E-state index contributed by atoms with van der Waals surface area (Å²) in [5, 5.41) is 4.28. The van der Waals surface area contributed by atoms with Crippen LogP contribution in [0.3, 0.4) is 0 Å². The molecule has 1 amide bonds. The van der Waals surface area contributed by atoms with Crippen LogP contribution in [0.4, 0.5) is 8.78 Å². The molecule has 0 bridgehead atoms. The van der Waals surface area contributed by atoms with Gasteiger partial charge in [-0.1, -0.05) is 0 Å². The Balaban J connectivity index is 1.89. The molecule has 1 fully saturated rings. The van der Waals surface area contributed by atoms with Crippen molar-refractivity contribution in [1.82, 2.24) is 14.8 Å². The fourth-order valence-corrected chi connectivity index (χ4v) is 4.22. The van der Waals surface area contributed by atoms with Gasteiger partial charge >= 0.3 is 0 Å². The van der Waals surface area contributed by atoms with Gasteiger partial charge in [0.1, 0.15) is 11.6 Å². The van der Waals surface area contributed by atoms with E-state index in [4.69, 9.17) is 15.2 Å². The van der Waals surface area contributed by atoms with E-state index in [1.807, 2.05) is 0 Å². The van der Waals surface area contributed by atoms with Crippen LogP contribution in [-0.2, 0) is 4.74 Å². The average Bonchev–Trinajstić information content (AvgIpc) is 3.20. The molecule has 0 radical (unpaired) electrons. The highest BCUT2D eigenvalue weighted by Crippen LogP contribution is 2.38. The first-order chi connectivity index (χ1) is 15.3. The first-order valence-electron chi connectivity index (χ1n) is 10.3. The van der Waals surface area contributed by atoms with Crippen molar-refractivity contribution in [2.75, 3.05) is 20.3 Å². The summed E-state index contributed by atoms with van der Waals surface area (Å²) in [6.07, 6.45) is 2.58. The molecule has 1 aromatic carbocycles. The van der Waals surface area contributed by atoms with E-state index in [9.17, 15) is 4.79 Å². The second kappa shape index (κ2) is 8.66. The summed E-state index contributed by atoms with van der Waals surface area (Å²) in [7, 11) is 1.43. The van der Waals surface area contributed by atoms with E-state index in [2.05, 4.69) is 10.1 Å². The summed E-state index contributed by atoms with van der Waals surface area (Å²) >= 11 is 0. The molecule has 2 aromatic heterocycles. The van der Waals surface area contributed by atoms with Crippen molar-refractivity contribution in [1.29, 1.82) is 0 Å². The lowest BCUT2D eigenvalue weighted by atomic mass is 9.97. The van der Waals surface area contributed by atoms with E-state index in [0.29, 0.717) is 42.9 Å². The minimum absolute atomic E-state index is 0.0193. The minimum atomic E-state index is -0.762. The van der Waals surface area contributed by atoms with Gasteiger partial charge in [-0.05, 0) is 50.5 Å². The lowest BCUT2D eigenvalue weighted by molar-refractivity contribution is 0.0667. The molecule has 0 unspecified atom stereocenters. The monoisotopic (exact) mass is 442 g/mol. The Hall–Kier alpha value is -3.33. The van der Waals surface area contributed by atoms with Gasteiger partial charge in [0, 0.05) is 35.6 Å². The number of amides is 1. The number of carbonyl (C=O) groups is 1. The number of hydrogen-bond donors (Lipinski definition) is 1. The highest BCUT2D eigenvalue weighted by molar-refractivity contribution is 5.99. The third-order valence-corrected chi connectivity index (χ3v) is 5.68. The molecule has 0 saturated carbocycles. The Morgan fingerprint density at radius 3 is 2.47 bits per heavy atom. The number of ether oxygens (including phenoxy) is 2. The Bertz CT molecular complexity index is 1190. The van der Waals surface area contributed by atoms with Crippen LogP contribution in [0, 0.1) is 25.5 Å². The standard InChI is InChI=1S/C23H24F2N4O3/c1-12-8-13(2)28-23(31-3)20(12)15-9-19(25)16(10-18(15)24)21-17(22(26)30)11-27-29(21)14-4-6-32-7-5-14/h8-11,14H,4-7H2,1-3H3,(H2,26,30). The van der Waals surface area contributed by atoms with Crippen LogP contribution < -0.4 is 10.5 Å². The predicted octanol–water partition coefficient (Wildman–Crippen LogP) is 3.97. The number of pyridine rings is 1. The maximum absolute atomic E-state index is 15.5. The Labute approximate surface area is 184 Å². The van der Waals surface area contributed by atoms with E-state index in [1.165, 1.54) is 13.3 Å². The summed E-state index contributed by atoms with van der Waals surface area (Å²) in [5.41, 5.74) is 7.42. The van der Waals surface area contributed by atoms with Crippen molar-refractivity contribution in [2.45, 2.75) is 32.7 Å². The third kappa shape index (κ3) is 3.84. The quantitative estimate of drug-likeness (QED) is 0.646. The van der Waals surface area contributed by atoms with E-state index in [-0.39, 0.29) is 34.3 Å². The van der Waals surface area contributed by atoms with Crippen molar-refractivity contribution < 1.29 is 23.0 Å². The van der Waals surface area contributed by atoms with Crippen LogP contribution in [0.1, 0.15) is 40.5 Å². The number of carbonyl (C=O) groups excluding carboxylic acids is 1. The van der Waals surface area contributed by atoms with Crippen molar-refractivity contribution in [2.24, 2.45) is 5.73 Å². The van der Waals surface area contributed by atoms with E-state index >= 15 is 8.78 Å². The molecule has 3 aromatic rings. The largest absolute Gasteiger partial charge is 0.481 e. The normalized spacial score (nSPS) is 14.5. The highest BCUT2D eigenvalue weighted by Gasteiger charge is 2.27. The number of primary amides is 1. The van der Waals surface area contributed by atoms with Crippen LogP contribution >= 0.6 is 0 Å². The SMILES string of the molecule is COc1nc(C)cc(C)c1-c1cc(F)c(-c2c(C(N)=O)cnn2C2CCOCC2)cc1F. The summed E-state index contributed by atoms with van der Waals surface area (Å²) in [6, 6.07) is 3.83. The third-order valence-electron chi connectivity index (χ3n) is 5.68. The average molecular weight is 442 g/mol. The highest BCUT2D eigenvalue weighted by atomic mass is 19.1. The van der Waals surface area contributed by atoms with Crippen LogP contribution in [0.2, 0.25) is 0 Å². The smallest absolute Gasteiger partial charge is 0.252 e. The molecule has 168 valence electrons. The number of methoxy groups -OCH3 is 1. The zero-order valence-corrected chi connectivity index (χ0v) is 18.1. The lowest BCUT2D eigenvalue weighted by Gasteiger charge is -2.25. The molecular weight excluding hydrogens is 418 g/mol. The summed E-state index contributed by atoms with van der Waals surface area (Å²) in [6.45, 7) is 4.61. The molecule has 0 atom stereocenters. The molecule has 2 N–H and O–H groups in total. The predicted molar refractivity (Wildman–Crippen MR) is 114 cm³/mol. The number of halogens is 2. The Kier molecular flexibility index (Phi) is 5.92. The first kappa shape index (κ1) is 21.9. The Morgan fingerprint density at radius 2 is 1.81 bits per heavy atom. The molecule has 9 heteroatoms. The van der Waals surface area contributed by atoms with Crippen molar-refractivity contribution in [3.05, 3.63) is 52.9 Å². The van der Waals surface area contributed by atoms with E-state index < -0.39 is 17.5 Å². The maximum atomic E-state index is 15.5. The second-order valence-corrected chi connectivity index (χ2v) is 7.84. The van der Waals surface area contributed by atoms with E-state index in [1.54, 1.807) is 24.6 Å². The number of nitrogens with zero attached hydrogens (tertiary/aromatic N) is 3. The Morgan fingerprint density at radius 1 is 1.16 bits per heavy atom. The maximum Gasteiger partial charge on any atom is 0.252 e. The van der Waals surface area contributed by atoms with Gasteiger partial charge in [-0.25, -0.2) is 13.8 Å². The number of aryl methyl sites for hydroxylation is 2. The van der Waals surface area contributed by atoms with Gasteiger partial charge in [0.25, 0.3) is 5.91 Å². The van der Waals surface area contributed by atoms with Crippen molar-refractivity contribution in [3.8, 4) is 28.3 Å². The van der Waals surface area contributed by atoms with Crippen molar-refractivity contribution >= 4 is 5.91 Å². The molecule has 0 aliphatic carbocycles. The van der Waals surface area contributed by atoms with Gasteiger partial charge in [-0.2, -0.15) is 5.10 Å². The molecule has 4 rings (SSSR count). The van der Waals surface area contributed by atoms with Crippen LogP contribution in [0.25, 0.3) is 22.4 Å². The van der Waals surface area contributed by atoms with Crippen LogP contribution in [0.5, 0.6) is 5.88 Å². The molecule has 3 heterocycles. The molecule has 1 saturated heterocycles. The first-order valence-corrected chi connectivity index (χ1v) is 10.3. The van der Waals surface area contributed by atoms with Gasteiger partial charge in [-0.3, -0.25) is 9.48 Å². The molecule has 7 nitrogen and oxygen atoms in total. The fourth-order valence-electron chi connectivity index (χ4n) is 4.22. The number of aromatic nitrogens is 3. The zero-order chi connectivity index (χ0) is 23.0. The minimum Gasteiger partial charge on any atom is -0.481 e. The number of benzene rings is 1. The van der Waals surface area contributed by atoms with E-state index in [0.717, 1.165) is 12.1 Å². The zero-order valence-electron chi connectivity index (χ0n) is 18.1. The summed E-state index contributed by atoms with van der Waals surface area (Å²) in [5.74, 6) is -1.94. The molecule has 1 aliphatic heterocycles. The number of rotatable bonds is 5.